The molecule has 20 heavy (non-hydrogen) atoms. The van der Waals surface area contributed by atoms with Gasteiger partial charge in [-0.3, -0.25) is 0 Å². The maximum Gasteiger partial charge on any atom is 0.231 e. The molecule has 8 nitrogen and oxygen atoms in total. The van der Waals surface area contributed by atoms with Gasteiger partial charge in [0.25, 0.3) is 0 Å². The van der Waals surface area contributed by atoms with Crippen molar-refractivity contribution < 1.29 is 0 Å². The fourth-order valence-electron chi connectivity index (χ4n) is 1.68. The summed E-state index contributed by atoms with van der Waals surface area (Å²) in [6.45, 7) is 0.713. The van der Waals surface area contributed by atoms with Crippen LogP contribution in [0.2, 0.25) is 0 Å². The Morgan fingerprint density at radius 3 is 2.55 bits per heavy atom. The number of aryl methyl sites for hydroxylation is 1. The van der Waals surface area contributed by atoms with Crippen molar-refractivity contribution in [3.8, 4) is 0 Å². The van der Waals surface area contributed by atoms with Gasteiger partial charge in [-0.05, 0) is 0 Å². The Balaban J connectivity index is 2.01. The average molecular weight is 276 g/mol. The molecule has 0 unspecified atom stereocenters. The summed E-state index contributed by atoms with van der Waals surface area (Å²) in [6.07, 6.45) is 4.53. The van der Waals surface area contributed by atoms with Crippen molar-refractivity contribution in [3.63, 3.8) is 0 Å². The Morgan fingerprint density at radius 2 is 1.95 bits per heavy atom. The predicted molar refractivity (Wildman–Crippen MR) is 79.1 cm³/mol. The lowest BCUT2D eigenvalue weighted by Crippen LogP contribution is -2.17. The maximum atomic E-state index is 4.35. The van der Waals surface area contributed by atoms with E-state index in [9.17, 15) is 0 Å². The molecule has 2 rings (SSSR count). The summed E-state index contributed by atoms with van der Waals surface area (Å²) in [5.41, 5.74) is 0. The van der Waals surface area contributed by atoms with Gasteiger partial charge in [-0.25, -0.2) is 4.98 Å². The molecule has 0 aromatic carbocycles. The topological polar surface area (TPSA) is 83.8 Å². The number of anilines is 3. The van der Waals surface area contributed by atoms with E-state index in [0.717, 1.165) is 12.2 Å². The fourth-order valence-corrected chi connectivity index (χ4v) is 1.68. The SMILES string of the molecule is CNc1nc(NCCc2nccn2C)nc(N(C)C)n1. The molecule has 0 saturated carbocycles. The van der Waals surface area contributed by atoms with Crippen LogP contribution in [0.3, 0.4) is 0 Å². The Morgan fingerprint density at radius 1 is 1.20 bits per heavy atom. The zero-order valence-electron chi connectivity index (χ0n) is 12.3. The van der Waals surface area contributed by atoms with Crippen molar-refractivity contribution in [2.24, 2.45) is 7.05 Å². The normalized spacial score (nSPS) is 10.4. The second kappa shape index (κ2) is 6.18. The molecule has 8 heteroatoms. The molecule has 0 fully saturated rings. The van der Waals surface area contributed by atoms with Gasteiger partial charge < -0.3 is 20.1 Å². The standard InChI is InChI=1S/C12H20N8/c1-13-10-16-11(18-12(17-10)19(2)3)15-6-5-9-14-7-8-20(9)4/h7-8H,5-6H2,1-4H3,(H2,13,15,16,17,18). The van der Waals surface area contributed by atoms with Gasteiger partial charge in [0, 0.05) is 53.5 Å². The molecule has 2 heterocycles. The zero-order chi connectivity index (χ0) is 14.5. The summed E-state index contributed by atoms with van der Waals surface area (Å²) < 4.78 is 2.00. The number of nitrogens with one attached hydrogen (secondary N) is 2. The quantitative estimate of drug-likeness (QED) is 0.788. The fraction of sp³-hybridized carbons (Fsp3) is 0.500. The van der Waals surface area contributed by atoms with Crippen LogP contribution in [0.1, 0.15) is 5.82 Å². The zero-order valence-corrected chi connectivity index (χ0v) is 12.3. The Hall–Kier alpha value is -2.38. The van der Waals surface area contributed by atoms with E-state index >= 15 is 0 Å². The summed E-state index contributed by atoms with van der Waals surface area (Å²) in [4.78, 5) is 19.0. The van der Waals surface area contributed by atoms with Gasteiger partial charge in [-0.1, -0.05) is 0 Å². The van der Waals surface area contributed by atoms with E-state index in [0.29, 0.717) is 24.4 Å². The molecule has 0 aliphatic heterocycles. The van der Waals surface area contributed by atoms with Crippen molar-refractivity contribution in [1.82, 2.24) is 24.5 Å². The Labute approximate surface area is 118 Å². The van der Waals surface area contributed by atoms with Crippen molar-refractivity contribution in [1.29, 1.82) is 0 Å². The Bertz CT molecular complexity index is 562. The molecule has 0 spiro atoms. The lowest BCUT2D eigenvalue weighted by atomic mass is 10.4. The van der Waals surface area contributed by atoms with Crippen LogP contribution in [0.25, 0.3) is 0 Å². The minimum Gasteiger partial charge on any atom is -0.357 e. The molecule has 0 radical (unpaired) electrons. The Kier molecular flexibility index (Phi) is 4.34. The number of hydrogen-bond acceptors (Lipinski definition) is 7. The van der Waals surface area contributed by atoms with Gasteiger partial charge in [0.2, 0.25) is 17.8 Å². The van der Waals surface area contributed by atoms with E-state index in [1.54, 1.807) is 13.2 Å². The molecule has 108 valence electrons. The van der Waals surface area contributed by atoms with E-state index < -0.39 is 0 Å². The first-order valence-corrected chi connectivity index (χ1v) is 6.41. The van der Waals surface area contributed by atoms with Crippen molar-refractivity contribution in [2.75, 3.05) is 43.2 Å². The third-order valence-corrected chi connectivity index (χ3v) is 2.80. The smallest absolute Gasteiger partial charge is 0.231 e. The van der Waals surface area contributed by atoms with Gasteiger partial charge in [0.15, 0.2) is 0 Å². The lowest BCUT2D eigenvalue weighted by molar-refractivity contribution is 0.786. The molecule has 0 aliphatic rings. The van der Waals surface area contributed by atoms with Crippen molar-refractivity contribution in [3.05, 3.63) is 18.2 Å². The van der Waals surface area contributed by atoms with Gasteiger partial charge >= 0.3 is 0 Å². The highest BCUT2D eigenvalue weighted by Crippen LogP contribution is 2.10. The lowest BCUT2D eigenvalue weighted by Gasteiger charge is -2.13. The summed E-state index contributed by atoms with van der Waals surface area (Å²) in [5, 5.41) is 6.13. The molecule has 0 saturated heterocycles. The third kappa shape index (κ3) is 3.34. The van der Waals surface area contributed by atoms with Crippen LogP contribution in [0.4, 0.5) is 17.8 Å². The van der Waals surface area contributed by atoms with E-state index in [1.807, 2.05) is 36.8 Å². The van der Waals surface area contributed by atoms with Crippen molar-refractivity contribution in [2.45, 2.75) is 6.42 Å². The second-order valence-electron chi connectivity index (χ2n) is 4.56. The van der Waals surface area contributed by atoms with Crippen LogP contribution >= 0.6 is 0 Å². The molecular weight excluding hydrogens is 256 g/mol. The van der Waals surface area contributed by atoms with Gasteiger partial charge in [-0.15, -0.1) is 0 Å². The van der Waals surface area contributed by atoms with E-state index in [-0.39, 0.29) is 0 Å². The van der Waals surface area contributed by atoms with E-state index in [2.05, 4.69) is 30.6 Å². The minimum atomic E-state index is 0.545. The van der Waals surface area contributed by atoms with Crippen LogP contribution in [0.15, 0.2) is 12.4 Å². The summed E-state index contributed by atoms with van der Waals surface area (Å²) in [6, 6.07) is 0. The van der Waals surface area contributed by atoms with Gasteiger partial charge in [0.05, 0.1) is 0 Å². The third-order valence-electron chi connectivity index (χ3n) is 2.80. The highest BCUT2D eigenvalue weighted by molar-refractivity contribution is 5.42. The first-order chi connectivity index (χ1) is 9.60. The summed E-state index contributed by atoms with van der Waals surface area (Å²) >= 11 is 0. The minimum absolute atomic E-state index is 0.545. The molecule has 0 amide bonds. The molecular formula is C12H20N8. The number of rotatable bonds is 6. The predicted octanol–water partition coefficient (Wildman–Crippen LogP) is 0.367. The van der Waals surface area contributed by atoms with Crippen molar-refractivity contribution >= 4 is 17.8 Å². The van der Waals surface area contributed by atoms with Gasteiger partial charge in [-0.2, -0.15) is 15.0 Å². The largest absolute Gasteiger partial charge is 0.357 e. The average Bonchev–Trinajstić information content (AvgIpc) is 2.84. The number of hydrogen-bond donors (Lipinski definition) is 2. The molecule has 0 aliphatic carbocycles. The van der Waals surface area contributed by atoms with E-state index in [1.165, 1.54) is 0 Å². The molecule has 0 atom stereocenters. The number of aromatic nitrogens is 5. The van der Waals surface area contributed by atoms with Crippen LogP contribution in [-0.2, 0) is 13.5 Å². The van der Waals surface area contributed by atoms with Crippen LogP contribution in [0, 0.1) is 0 Å². The molecule has 0 bridgehead atoms. The molecule has 2 aromatic rings. The first kappa shape index (κ1) is 14.0. The highest BCUT2D eigenvalue weighted by Gasteiger charge is 2.07. The first-order valence-electron chi connectivity index (χ1n) is 6.41. The number of nitrogens with zero attached hydrogens (tertiary/aromatic N) is 6. The van der Waals surface area contributed by atoms with Crippen LogP contribution in [0.5, 0.6) is 0 Å². The van der Waals surface area contributed by atoms with Crippen LogP contribution < -0.4 is 15.5 Å². The monoisotopic (exact) mass is 276 g/mol. The summed E-state index contributed by atoms with van der Waals surface area (Å²) in [7, 11) is 7.56. The highest BCUT2D eigenvalue weighted by atomic mass is 15.3. The molecule has 2 aromatic heterocycles. The van der Waals surface area contributed by atoms with E-state index in [4.69, 9.17) is 0 Å². The number of imidazole rings is 1. The second-order valence-corrected chi connectivity index (χ2v) is 4.56. The maximum absolute atomic E-state index is 4.35. The van der Waals surface area contributed by atoms with Crippen LogP contribution in [-0.4, -0.2) is 52.2 Å². The van der Waals surface area contributed by atoms with Gasteiger partial charge in [0.1, 0.15) is 5.82 Å². The molecule has 2 N–H and O–H groups in total. The summed E-state index contributed by atoms with van der Waals surface area (Å²) in [5.74, 6) is 2.74.